The average molecular weight is 380 g/mol. The molecule has 1 amide bonds. The first-order valence-electron chi connectivity index (χ1n) is 10.2. The van der Waals surface area contributed by atoms with Crippen LogP contribution in [0.25, 0.3) is 0 Å². The van der Waals surface area contributed by atoms with Crippen molar-refractivity contribution in [2.24, 2.45) is 5.92 Å². The lowest BCUT2D eigenvalue weighted by Gasteiger charge is -2.41. The Kier molecular flexibility index (Phi) is 7.60. The molecule has 0 unspecified atom stereocenters. The lowest BCUT2D eigenvalue weighted by Crippen LogP contribution is -2.50. The zero-order valence-corrected chi connectivity index (χ0v) is 16.7. The number of piperidine rings is 2. The summed E-state index contributed by atoms with van der Waals surface area (Å²) in [6, 6.07) is 0.574. The molecule has 1 N–H and O–H groups in total. The zero-order valence-electron chi connectivity index (χ0n) is 16.7. The minimum atomic E-state index is 0.111. The summed E-state index contributed by atoms with van der Waals surface area (Å²) in [5, 5.41) is 6.97. The first-order valence-corrected chi connectivity index (χ1v) is 10.2. The number of likely N-dealkylation sites (tertiary alicyclic amines) is 2. The largest absolute Gasteiger partial charge is 0.383 e. The van der Waals surface area contributed by atoms with E-state index in [1.54, 1.807) is 7.11 Å². The van der Waals surface area contributed by atoms with Crippen molar-refractivity contribution in [1.29, 1.82) is 0 Å². The number of amides is 1. The summed E-state index contributed by atoms with van der Waals surface area (Å²) < 4.78 is 10.3. The molecule has 2 fully saturated rings. The predicted octanol–water partition coefficient (Wildman–Crippen LogP) is 1.07. The third-order valence-corrected chi connectivity index (χ3v) is 5.69. The molecule has 3 heterocycles. The number of aromatic nitrogens is 2. The van der Waals surface area contributed by atoms with Crippen molar-refractivity contribution in [3.63, 3.8) is 0 Å². The number of ether oxygens (including phenoxy) is 1. The van der Waals surface area contributed by atoms with E-state index in [0.717, 1.165) is 76.5 Å². The van der Waals surface area contributed by atoms with Gasteiger partial charge in [0.2, 0.25) is 11.8 Å². The molecule has 0 spiro atoms. The molecule has 1 aromatic rings. The van der Waals surface area contributed by atoms with Gasteiger partial charge in [-0.1, -0.05) is 12.1 Å². The van der Waals surface area contributed by atoms with Gasteiger partial charge in [0.05, 0.1) is 19.1 Å². The predicted molar refractivity (Wildman–Crippen MR) is 101 cm³/mol. The van der Waals surface area contributed by atoms with E-state index in [2.05, 4.69) is 25.3 Å². The Morgan fingerprint density at radius 2 is 2.11 bits per heavy atom. The van der Waals surface area contributed by atoms with Crippen LogP contribution in [0, 0.1) is 5.92 Å². The highest BCUT2D eigenvalue weighted by Crippen LogP contribution is 2.24. The van der Waals surface area contributed by atoms with Gasteiger partial charge in [-0.05, 0) is 32.2 Å². The Balaban J connectivity index is 1.42. The third kappa shape index (κ3) is 5.73. The molecular formula is C19H33N5O3. The monoisotopic (exact) mass is 379 g/mol. The fraction of sp³-hybridized carbons (Fsp3) is 0.842. The molecule has 0 radical (unpaired) electrons. The maximum Gasteiger partial charge on any atom is 0.240 e. The van der Waals surface area contributed by atoms with E-state index < -0.39 is 0 Å². The Morgan fingerprint density at radius 3 is 2.81 bits per heavy atom. The SMILES string of the molecule is CCc1noc(CN2CCC(N3CCC[C@H](C(=O)NCCOC)C3)CC2)n1. The summed E-state index contributed by atoms with van der Waals surface area (Å²) in [4.78, 5) is 21.7. The van der Waals surface area contributed by atoms with E-state index in [1.165, 1.54) is 0 Å². The Morgan fingerprint density at radius 1 is 1.30 bits per heavy atom. The van der Waals surface area contributed by atoms with Crippen LogP contribution in [0.15, 0.2) is 4.52 Å². The number of nitrogens with zero attached hydrogens (tertiary/aromatic N) is 4. The van der Waals surface area contributed by atoms with Gasteiger partial charge in [0.15, 0.2) is 5.82 Å². The highest BCUT2D eigenvalue weighted by Gasteiger charge is 2.31. The number of rotatable bonds is 8. The Hall–Kier alpha value is -1.51. The molecule has 2 aliphatic rings. The molecule has 0 saturated carbocycles. The van der Waals surface area contributed by atoms with Gasteiger partial charge in [-0.25, -0.2) is 0 Å². The van der Waals surface area contributed by atoms with Gasteiger partial charge >= 0.3 is 0 Å². The minimum absolute atomic E-state index is 0.111. The minimum Gasteiger partial charge on any atom is -0.383 e. The summed E-state index contributed by atoms with van der Waals surface area (Å²) in [5.41, 5.74) is 0. The topological polar surface area (TPSA) is 83.7 Å². The van der Waals surface area contributed by atoms with Crippen molar-refractivity contribution in [2.75, 3.05) is 46.4 Å². The van der Waals surface area contributed by atoms with Crippen molar-refractivity contribution in [3.8, 4) is 0 Å². The van der Waals surface area contributed by atoms with Crippen LogP contribution in [-0.4, -0.2) is 78.3 Å². The first-order chi connectivity index (χ1) is 13.2. The van der Waals surface area contributed by atoms with E-state index in [9.17, 15) is 4.79 Å². The molecule has 27 heavy (non-hydrogen) atoms. The maximum atomic E-state index is 12.4. The summed E-state index contributed by atoms with van der Waals surface area (Å²) in [7, 11) is 1.65. The highest BCUT2D eigenvalue weighted by atomic mass is 16.5. The standard InChI is InChI=1S/C19H33N5O3/c1-3-17-21-18(27-22-17)14-23-10-6-16(7-11-23)24-9-4-5-15(13-24)19(25)20-8-12-26-2/h15-16H,3-14H2,1-2H3,(H,20,25)/t15-/m0/s1. The number of hydrogen-bond acceptors (Lipinski definition) is 7. The van der Waals surface area contributed by atoms with Crippen LogP contribution in [0.3, 0.4) is 0 Å². The third-order valence-electron chi connectivity index (χ3n) is 5.69. The smallest absolute Gasteiger partial charge is 0.240 e. The van der Waals surface area contributed by atoms with Gasteiger partial charge in [-0.2, -0.15) is 4.98 Å². The summed E-state index contributed by atoms with van der Waals surface area (Å²) in [6.45, 7) is 8.00. The molecule has 152 valence electrons. The van der Waals surface area contributed by atoms with E-state index in [4.69, 9.17) is 9.26 Å². The van der Waals surface area contributed by atoms with Crippen LogP contribution in [0.1, 0.15) is 44.3 Å². The second kappa shape index (κ2) is 10.1. The van der Waals surface area contributed by atoms with Crippen molar-refractivity contribution in [1.82, 2.24) is 25.3 Å². The molecule has 2 aliphatic heterocycles. The molecule has 8 nitrogen and oxygen atoms in total. The van der Waals surface area contributed by atoms with E-state index >= 15 is 0 Å². The van der Waals surface area contributed by atoms with Crippen LogP contribution in [-0.2, 0) is 22.5 Å². The number of hydrogen-bond donors (Lipinski definition) is 1. The zero-order chi connectivity index (χ0) is 19.1. The van der Waals surface area contributed by atoms with Crippen molar-refractivity contribution < 1.29 is 14.1 Å². The molecule has 0 aliphatic carbocycles. The lowest BCUT2D eigenvalue weighted by atomic mass is 9.93. The summed E-state index contributed by atoms with van der Waals surface area (Å²) >= 11 is 0. The second-order valence-electron chi connectivity index (χ2n) is 7.58. The molecule has 2 saturated heterocycles. The quantitative estimate of drug-likeness (QED) is 0.677. The van der Waals surface area contributed by atoms with Crippen LogP contribution in [0.2, 0.25) is 0 Å². The number of methoxy groups -OCH3 is 1. The van der Waals surface area contributed by atoms with Crippen LogP contribution < -0.4 is 5.32 Å². The van der Waals surface area contributed by atoms with Gasteiger partial charge in [-0.15, -0.1) is 0 Å². The van der Waals surface area contributed by atoms with Crippen molar-refractivity contribution >= 4 is 5.91 Å². The summed E-state index contributed by atoms with van der Waals surface area (Å²) in [5.74, 6) is 1.79. The van der Waals surface area contributed by atoms with Gasteiger partial charge in [-0.3, -0.25) is 14.6 Å². The summed E-state index contributed by atoms with van der Waals surface area (Å²) in [6.07, 6.45) is 5.16. The maximum absolute atomic E-state index is 12.4. The van der Waals surface area contributed by atoms with E-state index in [0.29, 0.717) is 19.2 Å². The molecule has 3 rings (SSSR count). The van der Waals surface area contributed by atoms with E-state index in [1.807, 2.05) is 6.92 Å². The average Bonchev–Trinajstić information content (AvgIpc) is 3.16. The van der Waals surface area contributed by atoms with Crippen LogP contribution >= 0.6 is 0 Å². The molecule has 8 heteroatoms. The van der Waals surface area contributed by atoms with Gasteiger partial charge < -0.3 is 14.6 Å². The van der Waals surface area contributed by atoms with Crippen LogP contribution in [0.4, 0.5) is 0 Å². The first kappa shape index (κ1) is 20.2. The number of carbonyl (C=O) groups is 1. The highest BCUT2D eigenvalue weighted by molar-refractivity contribution is 5.78. The number of nitrogens with one attached hydrogen (secondary N) is 1. The Labute approximate surface area is 161 Å². The number of aryl methyl sites for hydroxylation is 1. The second-order valence-corrected chi connectivity index (χ2v) is 7.58. The van der Waals surface area contributed by atoms with Gasteiger partial charge in [0, 0.05) is 45.8 Å². The molecule has 0 aromatic carbocycles. The van der Waals surface area contributed by atoms with Crippen LogP contribution in [0.5, 0.6) is 0 Å². The van der Waals surface area contributed by atoms with Gasteiger partial charge in [0.25, 0.3) is 0 Å². The lowest BCUT2D eigenvalue weighted by molar-refractivity contribution is -0.127. The van der Waals surface area contributed by atoms with Crippen molar-refractivity contribution in [2.45, 2.75) is 51.6 Å². The molecular weight excluding hydrogens is 346 g/mol. The molecule has 0 bridgehead atoms. The fourth-order valence-corrected chi connectivity index (χ4v) is 4.10. The van der Waals surface area contributed by atoms with E-state index in [-0.39, 0.29) is 11.8 Å². The number of carbonyl (C=O) groups excluding carboxylic acids is 1. The Bertz CT molecular complexity index is 586. The fourth-order valence-electron chi connectivity index (χ4n) is 4.10. The molecule has 1 aromatic heterocycles. The molecule has 1 atom stereocenters. The van der Waals surface area contributed by atoms with Gasteiger partial charge in [0.1, 0.15) is 0 Å². The van der Waals surface area contributed by atoms with Crippen molar-refractivity contribution in [3.05, 3.63) is 11.7 Å². The normalized spacial score (nSPS) is 22.8.